The Morgan fingerprint density at radius 2 is 2.06 bits per heavy atom. The number of nitrogens with zero attached hydrogens (tertiary/aromatic N) is 1. The first kappa shape index (κ1) is 12.9. The average Bonchev–Trinajstić information content (AvgIpc) is 2.39. The maximum atomic E-state index is 12.3. The molecule has 1 fully saturated rings. The molecule has 0 radical (unpaired) electrons. The first-order valence-corrected chi connectivity index (χ1v) is 6.69. The minimum atomic E-state index is 0.186. The van der Waals surface area contributed by atoms with Crippen LogP contribution in [0, 0.1) is 5.92 Å². The molecule has 1 saturated heterocycles. The second-order valence-corrected chi connectivity index (χ2v) is 5.24. The SMILES string of the molecule is C/C(=C\c1ccccc1)C(=O)N1CCCC(C)C1. The van der Waals surface area contributed by atoms with Crippen LogP contribution in [0.15, 0.2) is 35.9 Å². The van der Waals surface area contributed by atoms with E-state index >= 15 is 0 Å². The van der Waals surface area contributed by atoms with E-state index in [1.165, 1.54) is 6.42 Å². The van der Waals surface area contributed by atoms with Gasteiger partial charge in [-0.05, 0) is 37.3 Å². The Balaban J connectivity index is 2.06. The highest BCUT2D eigenvalue weighted by Gasteiger charge is 2.21. The van der Waals surface area contributed by atoms with E-state index in [1.807, 2.05) is 48.2 Å². The molecule has 1 amide bonds. The monoisotopic (exact) mass is 243 g/mol. The number of likely N-dealkylation sites (tertiary alicyclic amines) is 1. The second-order valence-electron chi connectivity index (χ2n) is 5.24. The topological polar surface area (TPSA) is 20.3 Å². The van der Waals surface area contributed by atoms with E-state index in [9.17, 15) is 4.79 Å². The van der Waals surface area contributed by atoms with Crippen molar-refractivity contribution < 1.29 is 4.79 Å². The van der Waals surface area contributed by atoms with Crippen LogP contribution in [0.1, 0.15) is 32.3 Å². The quantitative estimate of drug-likeness (QED) is 0.729. The third-order valence-corrected chi connectivity index (χ3v) is 3.46. The van der Waals surface area contributed by atoms with Crippen LogP contribution in [0.25, 0.3) is 6.08 Å². The van der Waals surface area contributed by atoms with Crippen molar-refractivity contribution in [3.05, 3.63) is 41.5 Å². The molecule has 18 heavy (non-hydrogen) atoms. The molecule has 1 aliphatic rings. The molecule has 1 unspecified atom stereocenters. The van der Waals surface area contributed by atoms with Crippen LogP contribution >= 0.6 is 0 Å². The summed E-state index contributed by atoms with van der Waals surface area (Å²) in [6, 6.07) is 10.0. The minimum Gasteiger partial charge on any atom is -0.339 e. The van der Waals surface area contributed by atoms with Crippen molar-refractivity contribution in [1.29, 1.82) is 0 Å². The smallest absolute Gasteiger partial charge is 0.249 e. The number of piperidine rings is 1. The molecule has 2 nitrogen and oxygen atoms in total. The van der Waals surface area contributed by atoms with Gasteiger partial charge in [0.2, 0.25) is 5.91 Å². The standard InChI is InChI=1S/C16H21NO/c1-13-7-6-10-17(12-13)16(18)14(2)11-15-8-4-3-5-9-15/h3-5,8-9,11,13H,6-7,10,12H2,1-2H3/b14-11+. The third kappa shape index (κ3) is 3.22. The lowest BCUT2D eigenvalue weighted by Gasteiger charge is -2.31. The molecular formula is C16H21NO. The molecule has 1 aromatic carbocycles. The number of carbonyl (C=O) groups excluding carboxylic acids is 1. The zero-order valence-corrected chi connectivity index (χ0v) is 11.2. The largest absolute Gasteiger partial charge is 0.339 e. The number of rotatable bonds is 2. The van der Waals surface area contributed by atoms with Crippen LogP contribution in [-0.2, 0) is 4.79 Å². The van der Waals surface area contributed by atoms with Gasteiger partial charge in [0, 0.05) is 18.7 Å². The highest BCUT2D eigenvalue weighted by Crippen LogP contribution is 2.18. The lowest BCUT2D eigenvalue weighted by molar-refractivity contribution is -0.128. The zero-order valence-electron chi connectivity index (χ0n) is 11.2. The van der Waals surface area contributed by atoms with Gasteiger partial charge in [-0.1, -0.05) is 37.3 Å². The molecule has 2 heteroatoms. The fraction of sp³-hybridized carbons (Fsp3) is 0.438. The number of carbonyl (C=O) groups is 1. The number of amides is 1. The Morgan fingerprint density at radius 3 is 2.72 bits per heavy atom. The predicted molar refractivity (Wildman–Crippen MR) is 75.1 cm³/mol. The van der Waals surface area contributed by atoms with Gasteiger partial charge in [0.15, 0.2) is 0 Å². The average molecular weight is 243 g/mol. The van der Waals surface area contributed by atoms with Gasteiger partial charge in [-0.3, -0.25) is 4.79 Å². The Bertz CT molecular complexity index is 436. The van der Waals surface area contributed by atoms with Crippen molar-refractivity contribution >= 4 is 12.0 Å². The number of benzene rings is 1. The molecule has 0 saturated carbocycles. The third-order valence-electron chi connectivity index (χ3n) is 3.46. The van der Waals surface area contributed by atoms with E-state index in [0.717, 1.165) is 30.6 Å². The molecule has 1 heterocycles. The van der Waals surface area contributed by atoms with Gasteiger partial charge < -0.3 is 4.90 Å². The summed E-state index contributed by atoms with van der Waals surface area (Å²) < 4.78 is 0. The summed E-state index contributed by atoms with van der Waals surface area (Å²) in [6.45, 7) is 5.94. The highest BCUT2D eigenvalue weighted by atomic mass is 16.2. The van der Waals surface area contributed by atoms with Crippen molar-refractivity contribution in [1.82, 2.24) is 4.90 Å². The van der Waals surface area contributed by atoms with Crippen molar-refractivity contribution in [2.24, 2.45) is 5.92 Å². The molecule has 1 aliphatic heterocycles. The van der Waals surface area contributed by atoms with Crippen LogP contribution in [0.5, 0.6) is 0 Å². The Hall–Kier alpha value is -1.57. The van der Waals surface area contributed by atoms with E-state index in [0.29, 0.717) is 5.92 Å². The van der Waals surface area contributed by atoms with Crippen molar-refractivity contribution in [2.45, 2.75) is 26.7 Å². The van der Waals surface area contributed by atoms with E-state index in [-0.39, 0.29) is 5.91 Å². The minimum absolute atomic E-state index is 0.186. The first-order chi connectivity index (χ1) is 8.66. The number of hydrogen-bond donors (Lipinski definition) is 0. The summed E-state index contributed by atoms with van der Waals surface area (Å²) in [4.78, 5) is 14.3. The van der Waals surface area contributed by atoms with Gasteiger partial charge >= 0.3 is 0 Å². The second kappa shape index (κ2) is 5.85. The van der Waals surface area contributed by atoms with Crippen LogP contribution in [-0.4, -0.2) is 23.9 Å². The summed E-state index contributed by atoms with van der Waals surface area (Å²) in [6.07, 6.45) is 4.35. The van der Waals surface area contributed by atoms with E-state index < -0.39 is 0 Å². The molecule has 0 aromatic heterocycles. The van der Waals surface area contributed by atoms with Gasteiger partial charge in [0.25, 0.3) is 0 Å². The molecule has 0 spiro atoms. The molecular weight excluding hydrogens is 222 g/mol. The molecule has 1 aromatic rings. The van der Waals surface area contributed by atoms with Crippen molar-refractivity contribution in [3.63, 3.8) is 0 Å². The molecule has 0 N–H and O–H groups in total. The van der Waals surface area contributed by atoms with Gasteiger partial charge in [-0.2, -0.15) is 0 Å². The van der Waals surface area contributed by atoms with Crippen LogP contribution in [0.2, 0.25) is 0 Å². The maximum Gasteiger partial charge on any atom is 0.249 e. The van der Waals surface area contributed by atoms with Crippen LogP contribution < -0.4 is 0 Å². The van der Waals surface area contributed by atoms with Gasteiger partial charge in [-0.25, -0.2) is 0 Å². The van der Waals surface area contributed by atoms with Crippen molar-refractivity contribution in [2.75, 3.05) is 13.1 Å². The summed E-state index contributed by atoms with van der Waals surface area (Å²) in [5.41, 5.74) is 1.92. The Labute approximate surface area is 109 Å². The number of hydrogen-bond acceptors (Lipinski definition) is 1. The van der Waals surface area contributed by atoms with Crippen molar-refractivity contribution in [3.8, 4) is 0 Å². The first-order valence-electron chi connectivity index (χ1n) is 6.69. The van der Waals surface area contributed by atoms with Crippen LogP contribution in [0.3, 0.4) is 0 Å². The predicted octanol–water partition coefficient (Wildman–Crippen LogP) is 3.35. The summed E-state index contributed by atoms with van der Waals surface area (Å²) in [7, 11) is 0. The molecule has 96 valence electrons. The normalized spacial score (nSPS) is 20.9. The molecule has 0 bridgehead atoms. The summed E-state index contributed by atoms with van der Waals surface area (Å²) in [5, 5.41) is 0. The Morgan fingerprint density at radius 1 is 1.33 bits per heavy atom. The van der Waals surface area contributed by atoms with E-state index in [1.54, 1.807) is 0 Å². The molecule has 2 rings (SSSR count). The molecule has 1 atom stereocenters. The molecule has 0 aliphatic carbocycles. The maximum absolute atomic E-state index is 12.3. The van der Waals surface area contributed by atoms with E-state index in [2.05, 4.69) is 6.92 Å². The van der Waals surface area contributed by atoms with Gasteiger partial charge in [0.1, 0.15) is 0 Å². The van der Waals surface area contributed by atoms with Gasteiger partial charge in [0.05, 0.1) is 0 Å². The summed E-state index contributed by atoms with van der Waals surface area (Å²) >= 11 is 0. The van der Waals surface area contributed by atoms with Crippen LogP contribution in [0.4, 0.5) is 0 Å². The summed E-state index contributed by atoms with van der Waals surface area (Å²) in [5.74, 6) is 0.817. The Kier molecular flexibility index (Phi) is 4.19. The highest BCUT2D eigenvalue weighted by molar-refractivity contribution is 5.97. The lowest BCUT2D eigenvalue weighted by atomic mass is 9.99. The fourth-order valence-electron chi connectivity index (χ4n) is 2.48. The van der Waals surface area contributed by atoms with E-state index in [4.69, 9.17) is 0 Å². The van der Waals surface area contributed by atoms with Gasteiger partial charge in [-0.15, -0.1) is 0 Å². The fourth-order valence-corrected chi connectivity index (χ4v) is 2.48. The zero-order chi connectivity index (χ0) is 13.0. The lowest BCUT2D eigenvalue weighted by Crippen LogP contribution is -2.39.